The van der Waals surface area contributed by atoms with Gasteiger partial charge in [0.1, 0.15) is 0 Å². The zero-order chi connectivity index (χ0) is 11.4. The molecule has 0 bridgehead atoms. The Kier molecular flexibility index (Phi) is 4.00. The molecule has 1 aliphatic rings. The van der Waals surface area contributed by atoms with Crippen LogP contribution in [0.2, 0.25) is 0 Å². The molecule has 2 atom stereocenters. The van der Waals surface area contributed by atoms with Crippen LogP contribution >= 0.6 is 0 Å². The first-order chi connectivity index (χ1) is 7.75. The van der Waals surface area contributed by atoms with E-state index in [4.69, 9.17) is 0 Å². The molecule has 1 fully saturated rings. The Hall–Kier alpha value is -0.820. The fourth-order valence-electron chi connectivity index (χ4n) is 2.66. The molecule has 1 heteroatoms. The highest BCUT2D eigenvalue weighted by Crippen LogP contribution is 2.19. The van der Waals surface area contributed by atoms with Gasteiger partial charge in [0, 0.05) is 6.04 Å². The molecule has 2 unspecified atom stereocenters. The molecular formula is C15H23N. The van der Waals surface area contributed by atoms with E-state index in [0.717, 1.165) is 12.0 Å². The Morgan fingerprint density at radius 3 is 2.88 bits per heavy atom. The summed E-state index contributed by atoms with van der Waals surface area (Å²) in [4.78, 5) is 0. The van der Waals surface area contributed by atoms with Crippen molar-refractivity contribution in [1.82, 2.24) is 5.32 Å². The van der Waals surface area contributed by atoms with Crippen molar-refractivity contribution in [3.63, 3.8) is 0 Å². The summed E-state index contributed by atoms with van der Waals surface area (Å²) in [6.07, 6.45) is 5.21. The van der Waals surface area contributed by atoms with E-state index in [2.05, 4.69) is 43.4 Å². The van der Waals surface area contributed by atoms with Crippen LogP contribution in [0.4, 0.5) is 0 Å². The van der Waals surface area contributed by atoms with Gasteiger partial charge in [-0.15, -0.1) is 0 Å². The number of benzene rings is 1. The molecule has 0 aliphatic carbocycles. The Bertz CT molecular complexity index is 332. The topological polar surface area (TPSA) is 12.0 Å². The zero-order valence-corrected chi connectivity index (χ0v) is 10.5. The van der Waals surface area contributed by atoms with Crippen molar-refractivity contribution < 1.29 is 0 Å². The zero-order valence-electron chi connectivity index (χ0n) is 10.5. The summed E-state index contributed by atoms with van der Waals surface area (Å²) in [6, 6.07) is 9.50. The first-order valence-electron chi connectivity index (χ1n) is 6.53. The molecule has 1 N–H and O–H groups in total. The highest BCUT2D eigenvalue weighted by Gasteiger charge is 2.17. The highest BCUT2D eigenvalue weighted by atomic mass is 14.9. The van der Waals surface area contributed by atoms with Crippen LogP contribution in [0.3, 0.4) is 0 Å². The average molecular weight is 217 g/mol. The van der Waals surface area contributed by atoms with Crippen LogP contribution in [0.1, 0.15) is 37.3 Å². The highest BCUT2D eigenvalue weighted by molar-refractivity contribution is 5.25. The van der Waals surface area contributed by atoms with E-state index >= 15 is 0 Å². The van der Waals surface area contributed by atoms with Gasteiger partial charge in [0.2, 0.25) is 0 Å². The van der Waals surface area contributed by atoms with Crippen molar-refractivity contribution in [3.05, 3.63) is 35.4 Å². The lowest BCUT2D eigenvalue weighted by Gasteiger charge is -2.28. The fraction of sp³-hybridized carbons (Fsp3) is 0.600. The number of hydrogen-bond acceptors (Lipinski definition) is 1. The van der Waals surface area contributed by atoms with Crippen LogP contribution in [0.15, 0.2) is 24.3 Å². The lowest BCUT2D eigenvalue weighted by atomic mass is 9.90. The predicted octanol–water partition coefficient (Wildman–Crippen LogP) is 3.32. The largest absolute Gasteiger partial charge is 0.314 e. The number of hydrogen-bond donors (Lipinski definition) is 1. The Morgan fingerprint density at radius 2 is 2.12 bits per heavy atom. The van der Waals surface area contributed by atoms with Crippen LogP contribution in [0.25, 0.3) is 0 Å². The third-order valence-corrected chi connectivity index (χ3v) is 3.78. The second-order valence-corrected chi connectivity index (χ2v) is 5.25. The van der Waals surface area contributed by atoms with Crippen molar-refractivity contribution >= 4 is 0 Å². The molecule has 0 amide bonds. The van der Waals surface area contributed by atoms with Gasteiger partial charge >= 0.3 is 0 Å². The molecule has 0 saturated carbocycles. The number of rotatable bonds is 3. The van der Waals surface area contributed by atoms with E-state index in [1.165, 1.54) is 43.4 Å². The molecule has 0 aromatic heterocycles. The Balaban J connectivity index is 1.85. The quantitative estimate of drug-likeness (QED) is 0.819. The van der Waals surface area contributed by atoms with Crippen LogP contribution < -0.4 is 5.32 Å². The van der Waals surface area contributed by atoms with Crippen molar-refractivity contribution in [3.8, 4) is 0 Å². The molecule has 1 aromatic rings. The van der Waals surface area contributed by atoms with Crippen molar-refractivity contribution in [2.75, 3.05) is 6.54 Å². The summed E-state index contributed by atoms with van der Waals surface area (Å²) >= 11 is 0. The van der Waals surface area contributed by atoms with Crippen molar-refractivity contribution in [2.45, 2.75) is 45.6 Å². The van der Waals surface area contributed by atoms with Crippen LogP contribution in [0.5, 0.6) is 0 Å². The maximum atomic E-state index is 3.64. The average Bonchev–Trinajstić information content (AvgIpc) is 2.28. The first-order valence-corrected chi connectivity index (χ1v) is 6.53. The summed E-state index contributed by atoms with van der Waals surface area (Å²) in [6.45, 7) is 5.80. The van der Waals surface area contributed by atoms with E-state index in [0.29, 0.717) is 0 Å². The first kappa shape index (κ1) is 11.7. The number of piperidine rings is 1. The van der Waals surface area contributed by atoms with Gasteiger partial charge in [-0.25, -0.2) is 0 Å². The van der Waals surface area contributed by atoms with E-state index < -0.39 is 0 Å². The summed E-state index contributed by atoms with van der Waals surface area (Å²) < 4.78 is 0. The maximum Gasteiger partial charge on any atom is 0.00727 e. The molecule has 1 aromatic carbocycles. The SMILES string of the molecule is Cc1ccccc1CCC1CC(C)CCN1. The molecular weight excluding hydrogens is 194 g/mol. The second kappa shape index (κ2) is 5.49. The third kappa shape index (κ3) is 3.08. The van der Waals surface area contributed by atoms with Gasteiger partial charge in [-0.2, -0.15) is 0 Å². The van der Waals surface area contributed by atoms with Gasteiger partial charge < -0.3 is 5.32 Å². The summed E-state index contributed by atoms with van der Waals surface area (Å²) in [5.41, 5.74) is 2.95. The fourth-order valence-corrected chi connectivity index (χ4v) is 2.66. The van der Waals surface area contributed by atoms with Gasteiger partial charge in [0.05, 0.1) is 0 Å². The summed E-state index contributed by atoms with van der Waals surface area (Å²) in [5, 5.41) is 3.64. The second-order valence-electron chi connectivity index (χ2n) is 5.25. The number of aryl methyl sites for hydroxylation is 2. The molecule has 88 valence electrons. The lowest BCUT2D eigenvalue weighted by Crippen LogP contribution is -2.37. The molecule has 1 saturated heterocycles. The molecule has 2 rings (SSSR count). The molecule has 0 radical (unpaired) electrons. The van der Waals surface area contributed by atoms with Gasteiger partial charge in [-0.1, -0.05) is 31.2 Å². The van der Waals surface area contributed by atoms with E-state index in [1.54, 1.807) is 0 Å². The summed E-state index contributed by atoms with van der Waals surface area (Å²) in [5.74, 6) is 0.906. The van der Waals surface area contributed by atoms with Gasteiger partial charge in [-0.3, -0.25) is 0 Å². The molecule has 0 spiro atoms. The van der Waals surface area contributed by atoms with Crippen LogP contribution in [-0.4, -0.2) is 12.6 Å². The van der Waals surface area contributed by atoms with Crippen LogP contribution in [0, 0.1) is 12.8 Å². The van der Waals surface area contributed by atoms with Gasteiger partial charge in [0.15, 0.2) is 0 Å². The summed E-state index contributed by atoms with van der Waals surface area (Å²) in [7, 11) is 0. The molecule has 1 nitrogen and oxygen atoms in total. The molecule has 1 heterocycles. The van der Waals surface area contributed by atoms with Gasteiger partial charge in [-0.05, 0) is 56.2 Å². The van der Waals surface area contributed by atoms with Crippen molar-refractivity contribution in [1.29, 1.82) is 0 Å². The Labute approximate surface area is 99.3 Å². The molecule has 16 heavy (non-hydrogen) atoms. The van der Waals surface area contributed by atoms with E-state index in [-0.39, 0.29) is 0 Å². The lowest BCUT2D eigenvalue weighted by molar-refractivity contribution is 0.308. The number of nitrogens with one attached hydrogen (secondary N) is 1. The van der Waals surface area contributed by atoms with E-state index in [1.807, 2.05) is 0 Å². The minimum absolute atomic E-state index is 0.739. The minimum atomic E-state index is 0.739. The predicted molar refractivity (Wildman–Crippen MR) is 69.7 cm³/mol. The van der Waals surface area contributed by atoms with Gasteiger partial charge in [0.25, 0.3) is 0 Å². The third-order valence-electron chi connectivity index (χ3n) is 3.78. The maximum absolute atomic E-state index is 3.64. The standard InChI is InChI=1S/C15H23N/c1-12-9-10-16-15(11-12)8-7-14-6-4-3-5-13(14)2/h3-6,12,15-16H,7-11H2,1-2H3. The van der Waals surface area contributed by atoms with Crippen molar-refractivity contribution in [2.24, 2.45) is 5.92 Å². The minimum Gasteiger partial charge on any atom is -0.314 e. The van der Waals surface area contributed by atoms with E-state index in [9.17, 15) is 0 Å². The normalized spacial score (nSPS) is 25.6. The monoisotopic (exact) mass is 217 g/mol. The van der Waals surface area contributed by atoms with Crippen LogP contribution in [-0.2, 0) is 6.42 Å². The smallest absolute Gasteiger partial charge is 0.00727 e. The molecule has 1 aliphatic heterocycles. The Morgan fingerprint density at radius 1 is 1.31 bits per heavy atom.